The van der Waals surface area contributed by atoms with Crippen molar-refractivity contribution in [3.63, 3.8) is 0 Å². The first-order valence-corrected chi connectivity index (χ1v) is 8.54. The molecule has 2 aromatic rings. The Kier molecular flexibility index (Phi) is 5.67. The average Bonchev–Trinajstić information content (AvgIpc) is 2.47. The molecule has 2 aromatic carbocycles. The third kappa shape index (κ3) is 3.85. The Hall–Kier alpha value is -0.350. The molecular weight excluding hydrogens is 403 g/mol. The van der Waals surface area contributed by atoms with E-state index in [1.165, 1.54) is 0 Å². The molecule has 0 aliphatic rings. The standard InChI is InChI=1S/C16H15Br2ClO/c1-16(11-17,14-4-2-3-5-15(14)18)20-10-12-6-8-13(19)9-7-12/h2-9H,10-11H2,1H3. The van der Waals surface area contributed by atoms with Crippen LogP contribution in [-0.2, 0) is 16.9 Å². The third-order valence-electron chi connectivity index (χ3n) is 3.17. The number of benzene rings is 2. The number of halogens is 3. The zero-order valence-corrected chi connectivity index (χ0v) is 15.0. The highest BCUT2D eigenvalue weighted by atomic mass is 79.9. The lowest BCUT2D eigenvalue weighted by Gasteiger charge is -2.29. The van der Waals surface area contributed by atoms with Crippen LogP contribution in [0.4, 0.5) is 0 Å². The first-order chi connectivity index (χ1) is 9.55. The molecule has 1 nitrogen and oxygen atoms in total. The van der Waals surface area contributed by atoms with Crippen LogP contribution in [0.5, 0.6) is 0 Å². The Bertz CT molecular complexity index is 571. The second-order valence-corrected chi connectivity index (χ2v) is 6.61. The number of hydrogen-bond acceptors (Lipinski definition) is 1. The van der Waals surface area contributed by atoms with Crippen molar-refractivity contribution in [1.29, 1.82) is 0 Å². The summed E-state index contributed by atoms with van der Waals surface area (Å²) in [5, 5.41) is 1.46. The molecule has 0 aliphatic heterocycles. The van der Waals surface area contributed by atoms with E-state index in [-0.39, 0.29) is 5.60 Å². The molecule has 0 N–H and O–H groups in total. The fourth-order valence-electron chi connectivity index (χ4n) is 1.90. The molecule has 0 bridgehead atoms. The maximum atomic E-state index is 6.15. The first kappa shape index (κ1) is 16.0. The Morgan fingerprint density at radius 1 is 1.10 bits per heavy atom. The summed E-state index contributed by atoms with van der Waals surface area (Å²) in [4.78, 5) is 0. The minimum Gasteiger partial charge on any atom is -0.365 e. The van der Waals surface area contributed by atoms with Gasteiger partial charge in [-0.25, -0.2) is 0 Å². The molecule has 106 valence electrons. The van der Waals surface area contributed by atoms with Gasteiger partial charge in [-0.05, 0) is 36.2 Å². The van der Waals surface area contributed by atoms with Crippen molar-refractivity contribution in [2.45, 2.75) is 19.1 Å². The largest absolute Gasteiger partial charge is 0.365 e. The molecule has 4 heteroatoms. The molecule has 1 unspecified atom stereocenters. The van der Waals surface area contributed by atoms with Crippen LogP contribution in [0, 0.1) is 0 Å². The molecule has 0 saturated carbocycles. The van der Waals surface area contributed by atoms with E-state index in [1.54, 1.807) is 0 Å². The van der Waals surface area contributed by atoms with Crippen LogP contribution in [0.3, 0.4) is 0 Å². The number of hydrogen-bond donors (Lipinski definition) is 0. The zero-order valence-electron chi connectivity index (χ0n) is 11.1. The quantitative estimate of drug-likeness (QED) is 0.547. The Labute approximate surface area is 141 Å². The Morgan fingerprint density at radius 3 is 2.35 bits per heavy atom. The predicted octanol–water partition coefficient (Wildman–Crippen LogP) is 5.93. The van der Waals surface area contributed by atoms with Crippen molar-refractivity contribution < 1.29 is 4.74 Å². The second kappa shape index (κ2) is 7.08. The lowest BCUT2D eigenvalue weighted by molar-refractivity contribution is -0.0294. The molecule has 0 radical (unpaired) electrons. The van der Waals surface area contributed by atoms with Crippen LogP contribution in [0.2, 0.25) is 5.02 Å². The maximum absolute atomic E-state index is 6.15. The van der Waals surface area contributed by atoms with E-state index in [9.17, 15) is 0 Å². The Balaban J connectivity index is 2.16. The van der Waals surface area contributed by atoms with E-state index in [4.69, 9.17) is 16.3 Å². The molecule has 0 saturated heterocycles. The normalized spacial score (nSPS) is 14.0. The van der Waals surface area contributed by atoms with Crippen LogP contribution in [0.1, 0.15) is 18.1 Å². The van der Waals surface area contributed by atoms with Crippen molar-refractivity contribution in [1.82, 2.24) is 0 Å². The van der Waals surface area contributed by atoms with Crippen molar-refractivity contribution in [2.75, 3.05) is 5.33 Å². The van der Waals surface area contributed by atoms with Gasteiger partial charge in [-0.15, -0.1) is 0 Å². The smallest absolute Gasteiger partial charge is 0.101 e. The van der Waals surface area contributed by atoms with Gasteiger partial charge in [0, 0.05) is 14.8 Å². The van der Waals surface area contributed by atoms with E-state index in [0.29, 0.717) is 6.61 Å². The molecular formula is C16H15Br2ClO. The molecule has 0 spiro atoms. The second-order valence-electron chi connectivity index (χ2n) is 4.76. The van der Waals surface area contributed by atoms with Gasteiger partial charge in [-0.2, -0.15) is 0 Å². The van der Waals surface area contributed by atoms with Crippen molar-refractivity contribution in [2.24, 2.45) is 0 Å². The van der Waals surface area contributed by atoms with Gasteiger partial charge in [0.1, 0.15) is 5.60 Å². The third-order valence-corrected chi connectivity index (χ3v) is 5.18. The van der Waals surface area contributed by atoms with Crippen LogP contribution in [-0.4, -0.2) is 5.33 Å². The molecule has 1 atom stereocenters. The van der Waals surface area contributed by atoms with Crippen molar-refractivity contribution in [3.05, 3.63) is 69.2 Å². The summed E-state index contributed by atoms with van der Waals surface area (Å²) in [6.07, 6.45) is 0. The molecule has 0 aliphatic carbocycles. The number of ether oxygens (including phenoxy) is 1. The number of alkyl halides is 1. The zero-order chi connectivity index (χ0) is 14.6. The van der Waals surface area contributed by atoms with Crippen LogP contribution < -0.4 is 0 Å². The molecule has 0 heterocycles. The van der Waals surface area contributed by atoms with Crippen molar-refractivity contribution >= 4 is 43.5 Å². The van der Waals surface area contributed by atoms with E-state index in [1.807, 2.05) is 42.5 Å². The van der Waals surface area contributed by atoms with Gasteiger partial charge in [0.05, 0.1) is 6.61 Å². The summed E-state index contributed by atoms with van der Waals surface area (Å²) in [6, 6.07) is 15.9. The highest BCUT2D eigenvalue weighted by molar-refractivity contribution is 9.10. The minimum atomic E-state index is -0.389. The minimum absolute atomic E-state index is 0.389. The molecule has 0 aromatic heterocycles. The average molecular weight is 419 g/mol. The van der Waals surface area contributed by atoms with Crippen LogP contribution in [0.25, 0.3) is 0 Å². The van der Waals surface area contributed by atoms with E-state index in [0.717, 1.165) is 26.0 Å². The van der Waals surface area contributed by atoms with E-state index in [2.05, 4.69) is 44.8 Å². The van der Waals surface area contributed by atoms with Gasteiger partial charge >= 0.3 is 0 Å². The van der Waals surface area contributed by atoms with Gasteiger partial charge in [0.2, 0.25) is 0 Å². The van der Waals surface area contributed by atoms with Gasteiger partial charge in [-0.3, -0.25) is 0 Å². The van der Waals surface area contributed by atoms with Gasteiger partial charge in [-0.1, -0.05) is 73.8 Å². The SMILES string of the molecule is CC(CBr)(OCc1ccc(Cl)cc1)c1ccccc1Br. The van der Waals surface area contributed by atoms with Crippen LogP contribution >= 0.6 is 43.5 Å². The summed E-state index contributed by atoms with van der Waals surface area (Å²) in [6.45, 7) is 2.62. The summed E-state index contributed by atoms with van der Waals surface area (Å²) in [5.74, 6) is 0. The summed E-state index contributed by atoms with van der Waals surface area (Å²) in [7, 11) is 0. The van der Waals surface area contributed by atoms with Crippen molar-refractivity contribution in [3.8, 4) is 0 Å². The summed E-state index contributed by atoms with van der Waals surface area (Å²) < 4.78 is 7.21. The maximum Gasteiger partial charge on any atom is 0.101 e. The first-order valence-electron chi connectivity index (χ1n) is 6.24. The molecule has 0 fully saturated rings. The van der Waals surface area contributed by atoms with E-state index >= 15 is 0 Å². The lowest BCUT2D eigenvalue weighted by atomic mass is 9.98. The fraction of sp³-hybridized carbons (Fsp3) is 0.250. The topological polar surface area (TPSA) is 9.23 Å². The Morgan fingerprint density at radius 2 is 1.75 bits per heavy atom. The van der Waals surface area contributed by atoms with Gasteiger partial charge < -0.3 is 4.74 Å². The van der Waals surface area contributed by atoms with E-state index < -0.39 is 0 Å². The van der Waals surface area contributed by atoms with Gasteiger partial charge in [0.25, 0.3) is 0 Å². The number of rotatable bonds is 5. The molecule has 2 rings (SSSR count). The van der Waals surface area contributed by atoms with Gasteiger partial charge in [0.15, 0.2) is 0 Å². The lowest BCUT2D eigenvalue weighted by Crippen LogP contribution is -2.28. The summed E-state index contributed by atoms with van der Waals surface area (Å²) in [5.41, 5.74) is 1.85. The van der Waals surface area contributed by atoms with Crippen LogP contribution in [0.15, 0.2) is 53.0 Å². The molecule has 0 amide bonds. The predicted molar refractivity (Wildman–Crippen MR) is 91.5 cm³/mol. The highest BCUT2D eigenvalue weighted by Crippen LogP contribution is 2.33. The summed E-state index contributed by atoms with van der Waals surface area (Å²) >= 11 is 13.0. The molecule has 20 heavy (non-hydrogen) atoms. The monoisotopic (exact) mass is 416 g/mol. The highest BCUT2D eigenvalue weighted by Gasteiger charge is 2.28. The fourth-order valence-corrected chi connectivity index (χ4v) is 3.20.